The summed E-state index contributed by atoms with van der Waals surface area (Å²) in [6.45, 7) is 5.40. The lowest BCUT2D eigenvalue weighted by Gasteiger charge is -2.11. The summed E-state index contributed by atoms with van der Waals surface area (Å²) in [5.74, 6) is 0. The molecule has 0 amide bonds. The first-order valence-electron chi connectivity index (χ1n) is 7.09. The van der Waals surface area contributed by atoms with Crippen molar-refractivity contribution in [3.63, 3.8) is 0 Å². The van der Waals surface area contributed by atoms with Gasteiger partial charge in [0.15, 0.2) is 0 Å². The average Bonchev–Trinajstić information content (AvgIpc) is 3.06. The molecule has 1 atom stereocenters. The van der Waals surface area contributed by atoms with Crippen molar-refractivity contribution in [3.05, 3.63) is 57.9 Å². The summed E-state index contributed by atoms with van der Waals surface area (Å²) in [6.07, 6.45) is 3.19. The van der Waals surface area contributed by atoms with Crippen LogP contribution in [0.1, 0.15) is 28.3 Å². The molecule has 2 N–H and O–H groups in total. The summed E-state index contributed by atoms with van der Waals surface area (Å²) in [6, 6.07) is 13.3. The van der Waals surface area contributed by atoms with E-state index in [2.05, 4.69) is 66.7 Å². The highest BCUT2D eigenvalue weighted by Gasteiger charge is 2.07. The van der Waals surface area contributed by atoms with E-state index in [-0.39, 0.29) is 0 Å². The van der Waals surface area contributed by atoms with Gasteiger partial charge in [0, 0.05) is 32.9 Å². The summed E-state index contributed by atoms with van der Waals surface area (Å²) in [4.78, 5) is 6.13. The Morgan fingerprint density at radius 3 is 2.85 bits per heavy atom. The first-order chi connectivity index (χ1) is 9.74. The number of aromatic amines is 1. The lowest BCUT2D eigenvalue weighted by molar-refractivity contribution is 0.585. The SMILES string of the molecule is Cc1ccc(C(C)NCCc2c[nH]c3ccccc23)s1. The molecule has 3 heteroatoms. The number of H-pyrrole nitrogens is 1. The number of fused-ring (bicyclic) bond motifs is 1. The van der Waals surface area contributed by atoms with E-state index in [1.165, 1.54) is 26.2 Å². The largest absolute Gasteiger partial charge is 0.361 e. The minimum atomic E-state index is 0.430. The van der Waals surface area contributed by atoms with Crippen molar-refractivity contribution in [2.45, 2.75) is 26.3 Å². The molecule has 0 saturated carbocycles. The maximum absolute atomic E-state index is 3.61. The van der Waals surface area contributed by atoms with E-state index >= 15 is 0 Å². The van der Waals surface area contributed by atoms with Crippen molar-refractivity contribution in [1.29, 1.82) is 0 Å². The van der Waals surface area contributed by atoms with Crippen LogP contribution in [-0.2, 0) is 6.42 Å². The molecular formula is C17H20N2S. The van der Waals surface area contributed by atoms with Crippen LogP contribution >= 0.6 is 11.3 Å². The van der Waals surface area contributed by atoms with Crippen molar-refractivity contribution >= 4 is 22.2 Å². The second-order valence-electron chi connectivity index (χ2n) is 5.23. The average molecular weight is 284 g/mol. The molecule has 0 aliphatic carbocycles. The number of nitrogens with one attached hydrogen (secondary N) is 2. The monoisotopic (exact) mass is 284 g/mol. The van der Waals surface area contributed by atoms with Crippen LogP contribution in [0.5, 0.6) is 0 Å². The number of para-hydroxylation sites is 1. The molecule has 0 spiro atoms. The van der Waals surface area contributed by atoms with Gasteiger partial charge in [-0.25, -0.2) is 0 Å². The zero-order valence-electron chi connectivity index (χ0n) is 11.9. The van der Waals surface area contributed by atoms with Crippen LogP contribution in [0.25, 0.3) is 10.9 Å². The third kappa shape index (κ3) is 2.79. The Morgan fingerprint density at radius 2 is 2.05 bits per heavy atom. The number of thiophene rings is 1. The van der Waals surface area contributed by atoms with Gasteiger partial charge < -0.3 is 10.3 Å². The Balaban J connectivity index is 1.60. The molecule has 3 aromatic rings. The van der Waals surface area contributed by atoms with Gasteiger partial charge in [-0.3, -0.25) is 0 Å². The summed E-state index contributed by atoms with van der Waals surface area (Å²) in [5.41, 5.74) is 2.62. The molecule has 3 rings (SSSR count). The summed E-state index contributed by atoms with van der Waals surface area (Å²) in [5, 5.41) is 4.95. The van der Waals surface area contributed by atoms with Gasteiger partial charge in [0.1, 0.15) is 0 Å². The summed E-state index contributed by atoms with van der Waals surface area (Å²) < 4.78 is 0. The molecule has 2 aromatic heterocycles. The molecule has 0 bridgehead atoms. The van der Waals surface area contributed by atoms with Crippen LogP contribution in [0.2, 0.25) is 0 Å². The van der Waals surface area contributed by atoms with E-state index in [0.29, 0.717) is 6.04 Å². The highest BCUT2D eigenvalue weighted by Crippen LogP contribution is 2.22. The van der Waals surface area contributed by atoms with Crippen molar-refractivity contribution in [3.8, 4) is 0 Å². The third-order valence-electron chi connectivity index (χ3n) is 3.71. The molecule has 2 heterocycles. The molecule has 104 valence electrons. The zero-order valence-corrected chi connectivity index (χ0v) is 12.8. The minimum Gasteiger partial charge on any atom is -0.361 e. The minimum absolute atomic E-state index is 0.430. The Labute approximate surface area is 123 Å². The fraction of sp³-hybridized carbons (Fsp3) is 0.294. The number of rotatable bonds is 5. The Kier molecular flexibility index (Phi) is 3.90. The van der Waals surface area contributed by atoms with Gasteiger partial charge in [-0.05, 0) is 50.6 Å². The first-order valence-corrected chi connectivity index (χ1v) is 7.90. The number of hydrogen-bond acceptors (Lipinski definition) is 2. The lowest BCUT2D eigenvalue weighted by atomic mass is 10.1. The maximum atomic E-state index is 3.61. The van der Waals surface area contributed by atoms with Gasteiger partial charge in [0.25, 0.3) is 0 Å². The maximum Gasteiger partial charge on any atom is 0.0456 e. The smallest absolute Gasteiger partial charge is 0.0456 e. The lowest BCUT2D eigenvalue weighted by Crippen LogP contribution is -2.20. The van der Waals surface area contributed by atoms with E-state index in [1.807, 2.05) is 11.3 Å². The molecule has 20 heavy (non-hydrogen) atoms. The Morgan fingerprint density at radius 1 is 1.20 bits per heavy atom. The van der Waals surface area contributed by atoms with E-state index in [9.17, 15) is 0 Å². The molecule has 2 nitrogen and oxygen atoms in total. The first kappa shape index (κ1) is 13.4. The number of aromatic nitrogens is 1. The molecule has 0 fully saturated rings. The van der Waals surface area contributed by atoms with Gasteiger partial charge in [-0.15, -0.1) is 11.3 Å². The van der Waals surface area contributed by atoms with Gasteiger partial charge in [-0.2, -0.15) is 0 Å². The van der Waals surface area contributed by atoms with Crippen molar-refractivity contribution in [1.82, 2.24) is 10.3 Å². The number of aryl methyl sites for hydroxylation is 1. The van der Waals surface area contributed by atoms with Crippen molar-refractivity contribution in [2.24, 2.45) is 0 Å². The van der Waals surface area contributed by atoms with Crippen LogP contribution < -0.4 is 5.32 Å². The molecule has 0 aliphatic heterocycles. The highest BCUT2D eigenvalue weighted by molar-refractivity contribution is 7.12. The molecule has 0 saturated heterocycles. The fourth-order valence-corrected chi connectivity index (χ4v) is 3.45. The third-order valence-corrected chi connectivity index (χ3v) is 4.89. The normalized spacial score (nSPS) is 12.9. The van der Waals surface area contributed by atoms with Crippen LogP contribution in [0, 0.1) is 6.92 Å². The molecule has 1 unspecified atom stereocenters. The number of benzene rings is 1. The van der Waals surface area contributed by atoms with Gasteiger partial charge in [0.2, 0.25) is 0 Å². The Hall–Kier alpha value is -1.58. The van der Waals surface area contributed by atoms with Crippen molar-refractivity contribution in [2.75, 3.05) is 6.54 Å². The summed E-state index contributed by atoms with van der Waals surface area (Å²) in [7, 11) is 0. The molecule has 1 aromatic carbocycles. The van der Waals surface area contributed by atoms with E-state index in [0.717, 1.165) is 13.0 Å². The predicted molar refractivity (Wildman–Crippen MR) is 87.5 cm³/mol. The van der Waals surface area contributed by atoms with Crippen molar-refractivity contribution < 1.29 is 0 Å². The molecule has 0 aliphatic rings. The molecular weight excluding hydrogens is 264 g/mol. The molecule has 0 radical (unpaired) electrons. The predicted octanol–water partition coefficient (Wildman–Crippen LogP) is 4.43. The van der Waals surface area contributed by atoms with Crippen LogP contribution in [0.3, 0.4) is 0 Å². The zero-order chi connectivity index (χ0) is 13.9. The van der Waals surface area contributed by atoms with Crippen LogP contribution in [0.15, 0.2) is 42.6 Å². The van der Waals surface area contributed by atoms with Crippen LogP contribution in [-0.4, -0.2) is 11.5 Å². The van der Waals surface area contributed by atoms with E-state index in [4.69, 9.17) is 0 Å². The topological polar surface area (TPSA) is 27.8 Å². The second-order valence-corrected chi connectivity index (χ2v) is 6.55. The van der Waals surface area contributed by atoms with E-state index in [1.54, 1.807) is 0 Å². The highest BCUT2D eigenvalue weighted by atomic mass is 32.1. The van der Waals surface area contributed by atoms with Gasteiger partial charge >= 0.3 is 0 Å². The quantitative estimate of drug-likeness (QED) is 0.712. The standard InChI is InChI=1S/C17H20N2S/c1-12-7-8-17(20-12)13(2)18-10-9-14-11-19-16-6-4-3-5-15(14)16/h3-8,11,13,18-19H,9-10H2,1-2H3. The van der Waals surface area contributed by atoms with Gasteiger partial charge in [0.05, 0.1) is 0 Å². The van der Waals surface area contributed by atoms with Gasteiger partial charge in [-0.1, -0.05) is 18.2 Å². The van der Waals surface area contributed by atoms with E-state index < -0.39 is 0 Å². The second kappa shape index (κ2) is 5.81. The fourth-order valence-electron chi connectivity index (χ4n) is 2.55. The van der Waals surface area contributed by atoms with Crippen LogP contribution in [0.4, 0.5) is 0 Å². The summed E-state index contributed by atoms with van der Waals surface area (Å²) >= 11 is 1.88. The number of hydrogen-bond donors (Lipinski definition) is 2. The Bertz CT molecular complexity index is 696.